The molecule has 2 atom stereocenters. The molecule has 0 aliphatic rings. The Kier molecular flexibility index (Phi) is 2.98. The minimum Gasteiger partial charge on any atom is -0.480 e. The Morgan fingerprint density at radius 1 is 1.50 bits per heavy atom. The number of aliphatic hydroxyl groups excluding tert-OH is 1. The first-order valence-corrected chi connectivity index (χ1v) is 2.63. The monoisotopic (exact) mass is 147 g/mol. The Labute approximate surface area is 57.5 Å². The largest absolute Gasteiger partial charge is 0.480 e. The lowest BCUT2D eigenvalue weighted by Crippen LogP contribution is -2.45. The van der Waals surface area contributed by atoms with Gasteiger partial charge in [-0.05, 0) is 6.92 Å². The van der Waals surface area contributed by atoms with Crippen LogP contribution in [0.3, 0.4) is 0 Å². The summed E-state index contributed by atoms with van der Waals surface area (Å²) >= 11 is 0. The van der Waals surface area contributed by atoms with Crippen molar-refractivity contribution in [1.29, 1.82) is 0 Å². The number of carbonyl (C=O) groups is 2. The van der Waals surface area contributed by atoms with Gasteiger partial charge in [0.1, 0.15) is 12.1 Å². The van der Waals surface area contributed by atoms with E-state index in [1.54, 1.807) is 0 Å². The zero-order chi connectivity index (χ0) is 8.31. The smallest absolute Gasteiger partial charge is 0.323 e. The Morgan fingerprint density at radius 3 is 2.00 bits per heavy atom. The molecule has 0 bridgehead atoms. The summed E-state index contributed by atoms with van der Waals surface area (Å²) in [6.07, 6.45) is -1.60. The second-order valence-electron chi connectivity index (χ2n) is 1.92. The first-order valence-electron chi connectivity index (χ1n) is 2.63. The van der Waals surface area contributed by atoms with Crippen LogP contribution in [0.5, 0.6) is 0 Å². The van der Waals surface area contributed by atoms with E-state index in [1.807, 2.05) is 0 Å². The van der Waals surface area contributed by atoms with Crippen LogP contribution in [0.1, 0.15) is 6.92 Å². The second-order valence-corrected chi connectivity index (χ2v) is 1.92. The molecule has 0 aromatic rings. The fourth-order valence-corrected chi connectivity index (χ4v) is 0.388. The predicted octanol–water partition coefficient (Wildman–Crippen LogP) is -1.65. The summed E-state index contributed by atoms with van der Waals surface area (Å²) in [5.41, 5.74) is 4.89. The summed E-state index contributed by atoms with van der Waals surface area (Å²) < 4.78 is 0. The number of Topliss-reactive ketones (excluding diaryl/α,β-unsaturated/α-hetero) is 1. The minimum absolute atomic E-state index is 0.644. The Morgan fingerprint density at radius 2 is 1.90 bits per heavy atom. The zero-order valence-corrected chi connectivity index (χ0v) is 5.44. The molecule has 0 aliphatic heterocycles. The Balaban J connectivity index is 4.07. The van der Waals surface area contributed by atoms with Gasteiger partial charge in [-0.2, -0.15) is 0 Å². The van der Waals surface area contributed by atoms with Gasteiger partial charge >= 0.3 is 5.97 Å². The molecular formula is C5H9NO4. The number of nitrogens with two attached hydrogens (primary N) is 1. The van der Waals surface area contributed by atoms with Crippen LogP contribution in [-0.2, 0) is 9.59 Å². The van der Waals surface area contributed by atoms with Gasteiger partial charge in [0.2, 0.25) is 0 Å². The summed E-state index contributed by atoms with van der Waals surface area (Å²) in [7, 11) is 0. The molecule has 5 nitrogen and oxygen atoms in total. The van der Waals surface area contributed by atoms with Crippen molar-refractivity contribution in [3.8, 4) is 0 Å². The van der Waals surface area contributed by atoms with E-state index in [0.29, 0.717) is 0 Å². The first kappa shape index (κ1) is 9.06. The van der Waals surface area contributed by atoms with Crippen molar-refractivity contribution in [3.05, 3.63) is 0 Å². The molecule has 10 heavy (non-hydrogen) atoms. The van der Waals surface area contributed by atoms with Crippen LogP contribution in [0, 0.1) is 0 Å². The van der Waals surface area contributed by atoms with E-state index in [1.165, 1.54) is 0 Å². The number of carboxylic acid groups (broad SMARTS) is 1. The second kappa shape index (κ2) is 3.28. The number of ketones is 1. The van der Waals surface area contributed by atoms with Gasteiger partial charge in [0.05, 0.1) is 0 Å². The number of hydrogen-bond donors (Lipinski definition) is 3. The number of rotatable bonds is 3. The fraction of sp³-hybridized carbons (Fsp3) is 0.600. The fourth-order valence-electron chi connectivity index (χ4n) is 0.388. The molecule has 0 heterocycles. The highest BCUT2D eigenvalue weighted by atomic mass is 16.4. The highest BCUT2D eigenvalue weighted by Gasteiger charge is 2.25. The van der Waals surface area contributed by atoms with Crippen molar-refractivity contribution in [2.45, 2.75) is 19.1 Å². The summed E-state index contributed by atoms with van der Waals surface area (Å²) in [6.45, 7) is 1.08. The van der Waals surface area contributed by atoms with E-state index in [9.17, 15) is 9.59 Å². The van der Waals surface area contributed by atoms with Crippen LogP contribution in [0.25, 0.3) is 0 Å². The van der Waals surface area contributed by atoms with Crippen molar-refractivity contribution >= 4 is 11.8 Å². The van der Waals surface area contributed by atoms with Crippen molar-refractivity contribution in [1.82, 2.24) is 0 Å². The molecule has 0 rings (SSSR count). The average molecular weight is 147 g/mol. The third-order valence-electron chi connectivity index (χ3n) is 1.04. The van der Waals surface area contributed by atoms with Gasteiger partial charge < -0.3 is 15.9 Å². The maximum atomic E-state index is 10.3. The molecule has 0 aliphatic carbocycles. The molecular weight excluding hydrogens is 138 g/mol. The Hall–Kier alpha value is -0.940. The lowest BCUT2D eigenvalue weighted by Gasteiger charge is -2.09. The van der Waals surface area contributed by atoms with Crippen LogP contribution < -0.4 is 5.73 Å². The van der Waals surface area contributed by atoms with Gasteiger partial charge in [0.15, 0.2) is 5.78 Å². The third kappa shape index (κ3) is 2.12. The predicted molar refractivity (Wildman–Crippen MR) is 32.3 cm³/mol. The normalized spacial score (nSPS) is 15.9. The van der Waals surface area contributed by atoms with Crippen molar-refractivity contribution in [2.75, 3.05) is 0 Å². The summed E-state index contributed by atoms with van der Waals surface area (Å²) in [6, 6.07) is -1.52. The molecule has 0 radical (unpaired) electrons. The van der Waals surface area contributed by atoms with Crippen LogP contribution in [0.2, 0.25) is 0 Å². The van der Waals surface area contributed by atoms with Crippen LogP contribution in [0.15, 0.2) is 0 Å². The standard InChI is InChI=1S/C5H9NO4/c1-2(7)4(8)3(6)5(9)10/h3-4,8H,6H2,1H3,(H,9,10). The van der Waals surface area contributed by atoms with Crippen LogP contribution >= 0.6 is 0 Å². The summed E-state index contributed by atoms with van der Waals surface area (Å²) in [5, 5.41) is 16.9. The van der Waals surface area contributed by atoms with Gasteiger partial charge in [-0.3, -0.25) is 9.59 Å². The molecule has 0 aromatic heterocycles. The SMILES string of the molecule is CC(=O)C(O)C(N)C(=O)O. The third-order valence-corrected chi connectivity index (χ3v) is 1.04. The van der Waals surface area contributed by atoms with Crippen LogP contribution in [-0.4, -0.2) is 34.1 Å². The van der Waals surface area contributed by atoms with Crippen molar-refractivity contribution < 1.29 is 19.8 Å². The van der Waals surface area contributed by atoms with Crippen molar-refractivity contribution in [2.24, 2.45) is 5.73 Å². The van der Waals surface area contributed by atoms with E-state index in [4.69, 9.17) is 15.9 Å². The van der Waals surface area contributed by atoms with Gasteiger partial charge in [0.25, 0.3) is 0 Å². The van der Waals surface area contributed by atoms with E-state index in [-0.39, 0.29) is 0 Å². The highest BCUT2D eigenvalue weighted by Crippen LogP contribution is 1.91. The number of aliphatic carboxylic acids is 1. The van der Waals surface area contributed by atoms with Gasteiger partial charge in [-0.25, -0.2) is 0 Å². The lowest BCUT2D eigenvalue weighted by molar-refractivity contribution is -0.144. The van der Waals surface area contributed by atoms with E-state index < -0.39 is 23.9 Å². The highest BCUT2D eigenvalue weighted by molar-refractivity contribution is 5.88. The number of hydrogen-bond acceptors (Lipinski definition) is 4. The average Bonchev–Trinajstić information content (AvgIpc) is 1.84. The molecule has 0 fully saturated rings. The molecule has 5 heteroatoms. The quantitative estimate of drug-likeness (QED) is 0.444. The maximum absolute atomic E-state index is 10.3. The van der Waals surface area contributed by atoms with Gasteiger partial charge in [-0.1, -0.05) is 0 Å². The molecule has 4 N–H and O–H groups in total. The number of carbonyl (C=O) groups excluding carboxylic acids is 1. The van der Waals surface area contributed by atoms with E-state index >= 15 is 0 Å². The molecule has 2 unspecified atom stereocenters. The van der Waals surface area contributed by atoms with E-state index in [0.717, 1.165) is 6.92 Å². The van der Waals surface area contributed by atoms with Crippen molar-refractivity contribution in [3.63, 3.8) is 0 Å². The molecule has 0 spiro atoms. The zero-order valence-electron chi connectivity index (χ0n) is 5.44. The molecule has 0 saturated carbocycles. The van der Waals surface area contributed by atoms with E-state index in [2.05, 4.69) is 0 Å². The van der Waals surface area contributed by atoms with Gasteiger partial charge in [-0.15, -0.1) is 0 Å². The maximum Gasteiger partial charge on any atom is 0.323 e. The first-order chi connectivity index (χ1) is 4.46. The molecule has 58 valence electrons. The number of aliphatic hydroxyl groups is 1. The minimum atomic E-state index is -1.60. The topological polar surface area (TPSA) is 101 Å². The van der Waals surface area contributed by atoms with Crippen LogP contribution in [0.4, 0.5) is 0 Å². The summed E-state index contributed by atoms with van der Waals surface area (Å²) in [4.78, 5) is 20.3. The van der Waals surface area contributed by atoms with Gasteiger partial charge in [0, 0.05) is 0 Å². The summed E-state index contributed by atoms with van der Waals surface area (Å²) in [5.74, 6) is -2.03. The molecule has 0 amide bonds. The molecule has 0 saturated heterocycles. The lowest BCUT2D eigenvalue weighted by atomic mass is 10.1. The number of carboxylic acids is 1. The Bertz CT molecular complexity index is 138. The molecule has 0 aromatic carbocycles.